The second-order valence-electron chi connectivity index (χ2n) is 4.22. The molecule has 0 spiro atoms. The maximum absolute atomic E-state index is 13.0. The van der Waals surface area contributed by atoms with E-state index in [-0.39, 0.29) is 5.82 Å². The molecule has 2 heterocycles. The van der Waals surface area contributed by atoms with Gasteiger partial charge in [0.2, 0.25) is 6.33 Å². The highest BCUT2D eigenvalue weighted by Crippen LogP contribution is 2.37. The number of rotatable bonds is 2. The lowest BCUT2D eigenvalue weighted by atomic mass is 10.1. The highest BCUT2D eigenvalue weighted by molar-refractivity contribution is 5.88. The van der Waals surface area contributed by atoms with E-state index in [1.807, 2.05) is 6.33 Å². The molecule has 0 amide bonds. The van der Waals surface area contributed by atoms with Crippen molar-refractivity contribution < 1.29 is 23.1 Å². The Hall–Kier alpha value is -1.86. The number of alkyl halides is 3. The zero-order chi connectivity index (χ0) is 14.0. The molecule has 8 heteroatoms. The highest BCUT2D eigenvalue weighted by Gasteiger charge is 2.41. The summed E-state index contributed by atoms with van der Waals surface area (Å²) in [5.41, 5.74) is -2.34. The molecule has 0 aromatic carbocycles. The Bertz CT molecular complexity index is 485. The topological polar surface area (TPSA) is 66.3 Å². The van der Waals surface area contributed by atoms with Gasteiger partial charge in [0.05, 0.1) is 0 Å². The molecule has 0 atom stereocenters. The van der Waals surface area contributed by atoms with Crippen LogP contribution in [0, 0.1) is 6.33 Å². The van der Waals surface area contributed by atoms with Crippen molar-refractivity contribution in [3.8, 4) is 0 Å². The van der Waals surface area contributed by atoms with E-state index in [1.54, 1.807) is 0 Å². The third-order valence-corrected chi connectivity index (χ3v) is 2.92. The van der Waals surface area contributed by atoms with Crippen LogP contribution < -0.4 is 4.90 Å². The molecule has 1 aromatic heterocycles. The van der Waals surface area contributed by atoms with E-state index in [9.17, 15) is 18.0 Å². The Morgan fingerprint density at radius 2 is 1.84 bits per heavy atom. The van der Waals surface area contributed by atoms with Crippen LogP contribution >= 0.6 is 0 Å². The third kappa shape index (κ3) is 2.77. The summed E-state index contributed by atoms with van der Waals surface area (Å²) in [5, 5.41) is 8.82. The smallest absolute Gasteiger partial charge is 0.422 e. The summed E-state index contributed by atoms with van der Waals surface area (Å²) in [5.74, 6) is -2.12. The Morgan fingerprint density at radius 1 is 1.21 bits per heavy atom. The largest absolute Gasteiger partial charge is 0.476 e. The van der Waals surface area contributed by atoms with Gasteiger partial charge in [-0.1, -0.05) is 0 Å². The number of anilines is 1. The number of carbonyl (C=O) groups is 1. The van der Waals surface area contributed by atoms with E-state index in [2.05, 4.69) is 9.97 Å². The van der Waals surface area contributed by atoms with Gasteiger partial charge in [-0.3, -0.25) is 0 Å². The predicted octanol–water partition coefficient (Wildman–Crippen LogP) is 1.98. The van der Waals surface area contributed by atoms with Crippen LogP contribution in [0.4, 0.5) is 19.0 Å². The van der Waals surface area contributed by atoms with E-state index in [4.69, 9.17) is 5.11 Å². The molecule has 0 bridgehead atoms. The van der Waals surface area contributed by atoms with Crippen LogP contribution in [0.5, 0.6) is 0 Å². The molecule has 1 fully saturated rings. The van der Waals surface area contributed by atoms with Gasteiger partial charge in [-0.25, -0.2) is 14.8 Å². The summed E-state index contributed by atoms with van der Waals surface area (Å²) in [6, 6.07) is 0. The summed E-state index contributed by atoms with van der Waals surface area (Å²) in [6.07, 6.45) is -0.361. The van der Waals surface area contributed by atoms with Crippen molar-refractivity contribution >= 4 is 11.8 Å². The van der Waals surface area contributed by atoms with Gasteiger partial charge < -0.3 is 10.0 Å². The number of nitrogens with zero attached hydrogens (tertiary/aromatic N) is 3. The van der Waals surface area contributed by atoms with E-state index in [0.29, 0.717) is 13.1 Å². The first-order chi connectivity index (χ1) is 8.91. The van der Waals surface area contributed by atoms with Crippen molar-refractivity contribution in [1.29, 1.82) is 0 Å². The quantitative estimate of drug-likeness (QED) is 0.893. The molecule has 5 nitrogen and oxygen atoms in total. The fourth-order valence-corrected chi connectivity index (χ4v) is 2.09. The Labute approximate surface area is 107 Å². The van der Waals surface area contributed by atoms with Crippen LogP contribution in [-0.2, 0) is 6.18 Å². The minimum Gasteiger partial charge on any atom is -0.476 e. The van der Waals surface area contributed by atoms with Gasteiger partial charge in [-0.15, -0.1) is 0 Å². The number of hydrogen-bond donors (Lipinski definition) is 1. The van der Waals surface area contributed by atoms with Crippen LogP contribution in [0.25, 0.3) is 0 Å². The molecular weight excluding hydrogens is 263 g/mol. The van der Waals surface area contributed by atoms with Gasteiger partial charge in [-0.2, -0.15) is 13.2 Å². The summed E-state index contributed by atoms with van der Waals surface area (Å²) in [4.78, 5) is 19.0. The standard InChI is InChI=1S/C11H11F3N3O2/c12-11(13,14)7-8(10(18)19)15-6-16-9(7)17-4-2-1-3-5-17/h1-5H2,(H,18,19). The SMILES string of the molecule is O=C(O)c1n[c]nc(N2CCCCC2)c1C(F)(F)F. The fraction of sp³-hybridized carbons (Fsp3) is 0.545. The Morgan fingerprint density at radius 3 is 2.37 bits per heavy atom. The van der Waals surface area contributed by atoms with Crippen molar-refractivity contribution in [2.75, 3.05) is 18.0 Å². The molecule has 1 radical (unpaired) electrons. The first-order valence-corrected chi connectivity index (χ1v) is 5.75. The Balaban J connectivity index is 2.53. The van der Waals surface area contributed by atoms with Gasteiger partial charge in [-0.05, 0) is 19.3 Å². The minimum absolute atomic E-state index is 0.389. The monoisotopic (exact) mass is 274 g/mol. The molecular formula is C11H11F3N3O2. The zero-order valence-electron chi connectivity index (χ0n) is 9.87. The van der Waals surface area contributed by atoms with Gasteiger partial charge in [0.15, 0.2) is 5.69 Å². The molecule has 2 rings (SSSR count). The summed E-state index contributed by atoms with van der Waals surface area (Å²) in [6.45, 7) is 0.847. The Kier molecular flexibility index (Phi) is 3.59. The molecule has 1 aliphatic heterocycles. The van der Waals surface area contributed by atoms with Crippen LogP contribution in [0.15, 0.2) is 0 Å². The maximum Gasteiger partial charge on any atom is 0.422 e. The fourth-order valence-electron chi connectivity index (χ4n) is 2.09. The van der Waals surface area contributed by atoms with Gasteiger partial charge in [0.1, 0.15) is 11.4 Å². The van der Waals surface area contributed by atoms with Crippen molar-refractivity contribution in [2.24, 2.45) is 0 Å². The van der Waals surface area contributed by atoms with E-state index < -0.39 is 23.4 Å². The lowest BCUT2D eigenvalue weighted by molar-refractivity contribution is -0.138. The lowest BCUT2D eigenvalue weighted by Gasteiger charge is -2.29. The van der Waals surface area contributed by atoms with Gasteiger partial charge in [0.25, 0.3) is 0 Å². The molecule has 103 valence electrons. The number of carboxylic acids is 1. The predicted molar refractivity (Wildman–Crippen MR) is 58.9 cm³/mol. The lowest BCUT2D eigenvalue weighted by Crippen LogP contribution is -2.33. The van der Waals surface area contributed by atoms with Gasteiger partial charge in [0, 0.05) is 13.1 Å². The van der Waals surface area contributed by atoms with E-state index >= 15 is 0 Å². The molecule has 0 saturated carbocycles. The summed E-state index contributed by atoms with van der Waals surface area (Å²) >= 11 is 0. The highest BCUT2D eigenvalue weighted by atomic mass is 19.4. The van der Waals surface area contributed by atoms with E-state index in [0.717, 1.165) is 19.3 Å². The van der Waals surface area contributed by atoms with Gasteiger partial charge >= 0.3 is 12.1 Å². The van der Waals surface area contributed by atoms with Crippen molar-refractivity contribution in [3.63, 3.8) is 0 Å². The third-order valence-electron chi connectivity index (χ3n) is 2.92. The molecule has 0 aliphatic carbocycles. The van der Waals surface area contributed by atoms with Crippen LogP contribution in [-0.4, -0.2) is 34.1 Å². The number of carboxylic acid groups (broad SMARTS) is 1. The first-order valence-electron chi connectivity index (χ1n) is 5.75. The van der Waals surface area contributed by atoms with Crippen molar-refractivity contribution in [1.82, 2.24) is 9.97 Å². The normalized spacial score (nSPS) is 16.5. The number of hydrogen-bond acceptors (Lipinski definition) is 4. The minimum atomic E-state index is -4.81. The summed E-state index contributed by atoms with van der Waals surface area (Å²) < 4.78 is 39.1. The van der Waals surface area contributed by atoms with E-state index in [1.165, 1.54) is 4.90 Å². The average molecular weight is 274 g/mol. The van der Waals surface area contributed by atoms with Crippen LogP contribution in [0.2, 0.25) is 0 Å². The second kappa shape index (κ2) is 5.02. The molecule has 19 heavy (non-hydrogen) atoms. The number of aromatic nitrogens is 2. The number of piperidine rings is 1. The molecule has 1 aliphatic rings. The first kappa shape index (κ1) is 13.6. The maximum atomic E-state index is 13.0. The second-order valence-corrected chi connectivity index (χ2v) is 4.22. The summed E-state index contributed by atoms with van der Waals surface area (Å²) in [7, 11) is 0. The molecule has 1 aromatic rings. The van der Waals surface area contributed by atoms with Crippen LogP contribution in [0.1, 0.15) is 35.3 Å². The van der Waals surface area contributed by atoms with Crippen LogP contribution in [0.3, 0.4) is 0 Å². The van der Waals surface area contributed by atoms with Crippen molar-refractivity contribution in [2.45, 2.75) is 25.4 Å². The average Bonchev–Trinajstić information content (AvgIpc) is 2.38. The molecule has 1 saturated heterocycles. The zero-order valence-corrected chi connectivity index (χ0v) is 9.87. The number of halogens is 3. The molecule has 1 N–H and O–H groups in total. The number of aromatic carboxylic acids is 1. The molecule has 0 unspecified atom stereocenters. The van der Waals surface area contributed by atoms with Crippen molar-refractivity contribution in [3.05, 3.63) is 17.6 Å².